The number of nitrogens with zero attached hydrogens (tertiary/aromatic N) is 2. The minimum atomic E-state index is -0.379. The second-order valence-electron chi connectivity index (χ2n) is 7.55. The lowest BCUT2D eigenvalue weighted by molar-refractivity contribution is 0.0511. The van der Waals surface area contributed by atoms with Gasteiger partial charge >= 0.3 is 11.9 Å². The number of aromatic nitrogens is 4. The zero-order valence-electron chi connectivity index (χ0n) is 20.3. The standard InChI is InChI=1S/2C13H13BrN2O2/c2*1-3-18-13(17)12-11(15-8(2)16-12)9-4-6-10(14)7-5-9/h2*4-7H,3H2,1-2H3,(H,15,16). The van der Waals surface area contributed by atoms with Crippen LogP contribution in [-0.2, 0) is 9.47 Å². The third kappa shape index (κ3) is 6.92. The fraction of sp³-hybridized carbons (Fsp3) is 0.231. The van der Waals surface area contributed by atoms with Crippen LogP contribution in [0.4, 0.5) is 0 Å². The molecule has 0 aliphatic rings. The lowest BCUT2D eigenvalue weighted by atomic mass is 10.1. The molecule has 4 aromatic rings. The molecule has 0 atom stereocenters. The number of carbonyl (C=O) groups is 2. The van der Waals surface area contributed by atoms with Gasteiger partial charge in [-0.25, -0.2) is 19.6 Å². The molecule has 188 valence electrons. The molecule has 0 saturated carbocycles. The zero-order chi connectivity index (χ0) is 26.2. The zero-order valence-corrected chi connectivity index (χ0v) is 23.5. The molecule has 0 aliphatic heterocycles. The molecule has 0 radical (unpaired) electrons. The first-order valence-corrected chi connectivity index (χ1v) is 12.8. The van der Waals surface area contributed by atoms with Crippen molar-refractivity contribution in [2.45, 2.75) is 27.7 Å². The summed E-state index contributed by atoms with van der Waals surface area (Å²) in [5.41, 5.74) is 3.81. The number of carbonyl (C=O) groups excluding carboxylic acids is 2. The number of imidazole rings is 2. The van der Waals surface area contributed by atoms with Gasteiger partial charge in [-0.05, 0) is 52.0 Å². The Kier molecular flexibility index (Phi) is 9.60. The van der Waals surface area contributed by atoms with E-state index in [4.69, 9.17) is 9.47 Å². The van der Waals surface area contributed by atoms with Crippen molar-refractivity contribution in [1.82, 2.24) is 19.9 Å². The number of H-pyrrole nitrogens is 2. The van der Waals surface area contributed by atoms with Gasteiger partial charge in [0, 0.05) is 20.1 Å². The number of hydrogen-bond acceptors (Lipinski definition) is 6. The summed E-state index contributed by atoms with van der Waals surface area (Å²) < 4.78 is 12.0. The van der Waals surface area contributed by atoms with Crippen molar-refractivity contribution in [2.75, 3.05) is 13.2 Å². The molecule has 10 heteroatoms. The van der Waals surface area contributed by atoms with Gasteiger partial charge in [0.05, 0.1) is 13.2 Å². The molecular formula is C26H26Br2N4O4. The monoisotopic (exact) mass is 616 g/mol. The molecular weight excluding hydrogens is 592 g/mol. The van der Waals surface area contributed by atoms with Crippen LogP contribution in [0.2, 0.25) is 0 Å². The van der Waals surface area contributed by atoms with Crippen molar-refractivity contribution in [1.29, 1.82) is 0 Å². The Morgan fingerprint density at radius 1 is 0.694 bits per heavy atom. The summed E-state index contributed by atoms with van der Waals surface area (Å²) in [4.78, 5) is 38.2. The van der Waals surface area contributed by atoms with Crippen molar-refractivity contribution in [3.63, 3.8) is 0 Å². The number of aromatic amines is 2. The first-order chi connectivity index (χ1) is 17.2. The average molecular weight is 618 g/mol. The van der Waals surface area contributed by atoms with E-state index in [1.807, 2.05) is 62.4 Å². The SMILES string of the molecule is CCOC(=O)c1[nH]c(C)nc1-c1ccc(Br)cc1.CCOC(=O)c1[nH]c(C)nc1-c1ccc(Br)cc1. The minimum Gasteiger partial charge on any atom is -0.461 e. The van der Waals surface area contributed by atoms with Crippen LogP contribution in [0.15, 0.2) is 57.5 Å². The van der Waals surface area contributed by atoms with Crippen LogP contribution in [0.25, 0.3) is 22.5 Å². The van der Waals surface area contributed by atoms with Crippen LogP contribution in [-0.4, -0.2) is 45.1 Å². The number of hydrogen-bond donors (Lipinski definition) is 2. The lowest BCUT2D eigenvalue weighted by Crippen LogP contribution is -2.06. The molecule has 2 aromatic heterocycles. The maximum Gasteiger partial charge on any atom is 0.357 e. The summed E-state index contributed by atoms with van der Waals surface area (Å²) in [6, 6.07) is 15.3. The van der Waals surface area contributed by atoms with E-state index in [0.717, 1.165) is 20.1 Å². The number of esters is 2. The Morgan fingerprint density at radius 2 is 1.03 bits per heavy atom. The molecule has 36 heavy (non-hydrogen) atoms. The highest BCUT2D eigenvalue weighted by Crippen LogP contribution is 2.25. The van der Waals surface area contributed by atoms with Crippen molar-refractivity contribution >= 4 is 43.8 Å². The van der Waals surface area contributed by atoms with Gasteiger partial charge in [-0.2, -0.15) is 0 Å². The highest BCUT2D eigenvalue weighted by atomic mass is 79.9. The Bertz CT molecular complexity index is 1230. The van der Waals surface area contributed by atoms with Gasteiger partial charge in [-0.3, -0.25) is 0 Å². The number of rotatable bonds is 6. The van der Waals surface area contributed by atoms with Crippen LogP contribution >= 0.6 is 31.9 Å². The molecule has 0 bridgehead atoms. The predicted octanol–water partition coefficient (Wildman–Crippen LogP) is 6.65. The van der Waals surface area contributed by atoms with Gasteiger partial charge in [0.15, 0.2) is 11.4 Å². The van der Waals surface area contributed by atoms with Crippen LogP contribution in [0.3, 0.4) is 0 Å². The molecule has 0 saturated heterocycles. The molecule has 2 heterocycles. The van der Waals surface area contributed by atoms with Crippen LogP contribution < -0.4 is 0 Å². The van der Waals surface area contributed by atoms with Gasteiger partial charge in [-0.15, -0.1) is 0 Å². The van der Waals surface area contributed by atoms with E-state index < -0.39 is 0 Å². The second kappa shape index (κ2) is 12.6. The Balaban J connectivity index is 0.000000201. The van der Waals surface area contributed by atoms with Gasteiger partial charge in [-0.1, -0.05) is 56.1 Å². The Morgan fingerprint density at radius 3 is 1.33 bits per heavy atom. The molecule has 8 nitrogen and oxygen atoms in total. The molecule has 2 N–H and O–H groups in total. The Labute approximate surface area is 226 Å². The highest BCUT2D eigenvalue weighted by molar-refractivity contribution is 9.10. The van der Waals surface area contributed by atoms with Crippen LogP contribution in [0, 0.1) is 13.8 Å². The van der Waals surface area contributed by atoms with Gasteiger partial charge in [0.1, 0.15) is 23.0 Å². The molecule has 0 spiro atoms. The first kappa shape index (κ1) is 27.3. The van der Waals surface area contributed by atoms with E-state index in [-0.39, 0.29) is 11.9 Å². The average Bonchev–Trinajstić information content (AvgIpc) is 3.44. The van der Waals surface area contributed by atoms with E-state index in [2.05, 4.69) is 51.8 Å². The van der Waals surface area contributed by atoms with E-state index >= 15 is 0 Å². The van der Waals surface area contributed by atoms with Crippen molar-refractivity contribution < 1.29 is 19.1 Å². The molecule has 0 fully saturated rings. The number of aryl methyl sites for hydroxylation is 2. The minimum absolute atomic E-state index is 0.344. The maximum absolute atomic E-state index is 11.8. The fourth-order valence-electron chi connectivity index (χ4n) is 3.32. The summed E-state index contributed by atoms with van der Waals surface area (Å²) in [5.74, 6) is 0.624. The quantitative estimate of drug-likeness (QED) is 0.234. The number of halogens is 2. The molecule has 0 aliphatic carbocycles. The van der Waals surface area contributed by atoms with E-state index in [0.29, 0.717) is 47.6 Å². The summed E-state index contributed by atoms with van der Waals surface area (Å²) >= 11 is 6.75. The second-order valence-corrected chi connectivity index (χ2v) is 9.38. The van der Waals surface area contributed by atoms with E-state index in [1.54, 1.807) is 13.8 Å². The third-order valence-corrected chi connectivity index (χ3v) is 5.90. The number of benzene rings is 2. The number of ether oxygens (including phenoxy) is 2. The predicted molar refractivity (Wildman–Crippen MR) is 145 cm³/mol. The normalized spacial score (nSPS) is 10.4. The van der Waals surface area contributed by atoms with Gasteiger partial charge < -0.3 is 19.4 Å². The van der Waals surface area contributed by atoms with Crippen molar-refractivity contribution in [3.8, 4) is 22.5 Å². The molecule has 0 unspecified atom stereocenters. The summed E-state index contributed by atoms with van der Waals surface area (Å²) in [7, 11) is 0. The lowest BCUT2D eigenvalue weighted by Gasteiger charge is -2.02. The molecule has 4 rings (SSSR count). The highest BCUT2D eigenvalue weighted by Gasteiger charge is 2.19. The topological polar surface area (TPSA) is 110 Å². The molecule has 2 aromatic carbocycles. The van der Waals surface area contributed by atoms with E-state index in [9.17, 15) is 9.59 Å². The maximum atomic E-state index is 11.8. The van der Waals surface area contributed by atoms with Crippen molar-refractivity contribution in [3.05, 3.63) is 80.5 Å². The van der Waals surface area contributed by atoms with E-state index in [1.165, 1.54) is 0 Å². The first-order valence-electron chi connectivity index (χ1n) is 11.2. The van der Waals surface area contributed by atoms with Crippen molar-refractivity contribution in [2.24, 2.45) is 0 Å². The smallest absolute Gasteiger partial charge is 0.357 e. The summed E-state index contributed by atoms with van der Waals surface area (Å²) in [5, 5.41) is 0. The van der Waals surface area contributed by atoms with Gasteiger partial charge in [0.2, 0.25) is 0 Å². The van der Waals surface area contributed by atoms with Crippen LogP contribution in [0.5, 0.6) is 0 Å². The van der Waals surface area contributed by atoms with Gasteiger partial charge in [0.25, 0.3) is 0 Å². The van der Waals surface area contributed by atoms with Crippen LogP contribution in [0.1, 0.15) is 46.5 Å². The Hall–Kier alpha value is -3.24. The third-order valence-electron chi connectivity index (χ3n) is 4.84. The molecule has 0 amide bonds. The largest absolute Gasteiger partial charge is 0.461 e. The summed E-state index contributed by atoms with van der Waals surface area (Å²) in [6.07, 6.45) is 0. The fourth-order valence-corrected chi connectivity index (χ4v) is 3.85. The number of nitrogens with one attached hydrogen (secondary N) is 2. The summed E-state index contributed by atoms with van der Waals surface area (Å²) in [6.45, 7) is 7.87.